The first kappa shape index (κ1) is 30.7. The predicted molar refractivity (Wildman–Crippen MR) is 127 cm³/mol. The minimum atomic E-state index is -1.07. The van der Waals surface area contributed by atoms with Gasteiger partial charge in [-0.3, -0.25) is 0 Å². The number of hydrogen-bond donors (Lipinski definition) is 0. The fraction of sp³-hybridized carbons (Fsp3) is 1.00. The maximum Gasteiger partial charge on any atom is 0.155 e. The lowest BCUT2D eigenvalue weighted by atomic mass is 10.1. The van der Waals surface area contributed by atoms with E-state index in [2.05, 4.69) is 0 Å². The highest BCUT2D eigenvalue weighted by Gasteiger charge is 2.45. The lowest BCUT2D eigenvalue weighted by molar-refractivity contribution is -0.0979. The second-order valence-electron chi connectivity index (χ2n) is 9.97. The number of rotatable bonds is 11. The van der Waals surface area contributed by atoms with E-state index >= 15 is 0 Å². The SMILES string of the molecule is CC(C)OC[C@H]1O[C@@H](C)C(F)[C@H]1OC(C)C.COC1[C@H](C)O[C@H](COC(C)C)[C@@H]1OC(C)C. The van der Waals surface area contributed by atoms with E-state index in [1.165, 1.54) is 0 Å². The van der Waals surface area contributed by atoms with Gasteiger partial charge in [0.05, 0.1) is 49.8 Å². The molecule has 2 aliphatic heterocycles. The molecule has 0 bridgehead atoms. The Morgan fingerprint density at radius 2 is 1.06 bits per heavy atom. The first-order chi connectivity index (χ1) is 15.4. The summed E-state index contributed by atoms with van der Waals surface area (Å²) in [5, 5.41) is 0. The summed E-state index contributed by atoms with van der Waals surface area (Å²) in [6.07, 6.45) is -1.85. The highest BCUT2D eigenvalue weighted by atomic mass is 19.1. The van der Waals surface area contributed by atoms with Crippen LogP contribution in [0.3, 0.4) is 0 Å². The van der Waals surface area contributed by atoms with E-state index in [9.17, 15) is 4.39 Å². The average Bonchev–Trinajstić information content (AvgIpc) is 3.14. The molecule has 0 radical (unpaired) electrons. The number of ether oxygens (including phenoxy) is 7. The van der Waals surface area contributed by atoms with Crippen molar-refractivity contribution in [1.29, 1.82) is 0 Å². The van der Waals surface area contributed by atoms with E-state index in [4.69, 9.17) is 33.2 Å². The number of halogens is 1. The van der Waals surface area contributed by atoms with Crippen LogP contribution in [0.4, 0.5) is 4.39 Å². The first-order valence-corrected chi connectivity index (χ1v) is 12.4. The van der Waals surface area contributed by atoms with Gasteiger partial charge in [0.1, 0.15) is 30.5 Å². The molecule has 0 saturated carbocycles. The molecule has 33 heavy (non-hydrogen) atoms. The third-order valence-corrected chi connectivity index (χ3v) is 5.38. The van der Waals surface area contributed by atoms with Gasteiger partial charge in [0.25, 0.3) is 0 Å². The van der Waals surface area contributed by atoms with Crippen LogP contribution in [0.2, 0.25) is 0 Å². The van der Waals surface area contributed by atoms with Crippen LogP contribution in [0.25, 0.3) is 0 Å². The van der Waals surface area contributed by atoms with Gasteiger partial charge in [0, 0.05) is 7.11 Å². The van der Waals surface area contributed by atoms with Gasteiger partial charge in [-0.25, -0.2) is 4.39 Å². The van der Waals surface area contributed by atoms with E-state index in [0.29, 0.717) is 13.2 Å². The van der Waals surface area contributed by atoms with Crippen LogP contribution >= 0.6 is 0 Å². The summed E-state index contributed by atoms with van der Waals surface area (Å²) in [6.45, 7) is 20.5. The maximum absolute atomic E-state index is 13.8. The maximum atomic E-state index is 13.8. The Morgan fingerprint density at radius 1 is 0.636 bits per heavy atom. The fourth-order valence-corrected chi connectivity index (χ4v) is 3.93. The van der Waals surface area contributed by atoms with Crippen LogP contribution in [0, 0.1) is 0 Å². The molecule has 0 amide bonds. The van der Waals surface area contributed by atoms with Crippen LogP contribution in [0.5, 0.6) is 0 Å². The molecular weight excluding hydrogens is 431 g/mol. The van der Waals surface area contributed by atoms with Crippen molar-refractivity contribution in [3.8, 4) is 0 Å². The van der Waals surface area contributed by atoms with Crippen molar-refractivity contribution in [2.24, 2.45) is 0 Å². The largest absolute Gasteiger partial charge is 0.376 e. The van der Waals surface area contributed by atoms with Gasteiger partial charge in [-0.2, -0.15) is 0 Å². The molecule has 0 aromatic rings. The molecule has 0 spiro atoms. The summed E-state index contributed by atoms with van der Waals surface area (Å²) in [7, 11) is 1.70. The molecular formula is C25H49FO7. The molecule has 2 rings (SSSR count). The van der Waals surface area contributed by atoms with Crippen LogP contribution < -0.4 is 0 Å². The molecule has 198 valence electrons. The first-order valence-electron chi connectivity index (χ1n) is 12.4. The van der Waals surface area contributed by atoms with E-state index in [0.717, 1.165) is 0 Å². The summed E-state index contributed by atoms with van der Waals surface area (Å²) < 4.78 is 53.2. The average molecular weight is 481 g/mol. The standard InChI is InChI=1S/C13H26O4.C12H23FO3/c1-8(2)15-7-11-13(16-9(3)4)12(14-6)10(5)17-11;1-7(2)14-6-10-12(15-8(3)4)11(13)9(5)16-10/h8-13H,7H2,1-6H3;7-12H,6H2,1-5H3/t10-,11+,12?,13-;9-,10+,11?,12-/m00/s1. The highest BCUT2D eigenvalue weighted by molar-refractivity contribution is 4.92. The van der Waals surface area contributed by atoms with Crippen LogP contribution in [-0.2, 0) is 33.2 Å². The highest BCUT2D eigenvalue weighted by Crippen LogP contribution is 2.28. The van der Waals surface area contributed by atoms with E-state index in [1.54, 1.807) is 14.0 Å². The number of hydrogen-bond acceptors (Lipinski definition) is 7. The van der Waals surface area contributed by atoms with Crippen molar-refractivity contribution in [2.75, 3.05) is 20.3 Å². The van der Waals surface area contributed by atoms with Crippen molar-refractivity contribution in [2.45, 2.75) is 143 Å². The predicted octanol–water partition coefficient (Wildman–Crippen LogP) is 4.34. The molecule has 7 nitrogen and oxygen atoms in total. The molecule has 2 unspecified atom stereocenters. The second kappa shape index (κ2) is 14.9. The molecule has 2 heterocycles. The summed E-state index contributed by atoms with van der Waals surface area (Å²) >= 11 is 0. The summed E-state index contributed by atoms with van der Waals surface area (Å²) in [4.78, 5) is 0. The fourth-order valence-electron chi connectivity index (χ4n) is 3.93. The lowest BCUT2D eigenvalue weighted by Gasteiger charge is -2.25. The molecule has 0 N–H and O–H groups in total. The Labute approximate surface area is 200 Å². The summed E-state index contributed by atoms with van der Waals surface area (Å²) in [6, 6.07) is 0. The topological polar surface area (TPSA) is 64.6 Å². The minimum Gasteiger partial charge on any atom is -0.376 e. The van der Waals surface area contributed by atoms with Crippen molar-refractivity contribution in [3.63, 3.8) is 0 Å². The van der Waals surface area contributed by atoms with Gasteiger partial charge < -0.3 is 33.2 Å². The molecule has 0 aliphatic carbocycles. The Balaban J connectivity index is 0.000000331. The molecule has 8 heteroatoms. The third-order valence-electron chi connectivity index (χ3n) is 5.38. The van der Waals surface area contributed by atoms with Gasteiger partial charge in [0.15, 0.2) is 6.17 Å². The zero-order valence-electron chi connectivity index (χ0n) is 22.6. The van der Waals surface area contributed by atoms with E-state index in [1.807, 2.05) is 62.3 Å². The second-order valence-corrected chi connectivity index (χ2v) is 9.97. The van der Waals surface area contributed by atoms with Crippen LogP contribution in [-0.4, -0.2) is 93.6 Å². The van der Waals surface area contributed by atoms with Gasteiger partial charge in [-0.15, -0.1) is 0 Å². The van der Waals surface area contributed by atoms with Gasteiger partial charge in [-0.1, -0.05) is 0 Å². The quantitative estimate of drug-likeness (QED) is 0.436. The summed E-state index contributed by atoms with van der Waals surface area (Å²) in [5.74, 6) is 0. The molecule has 0 aromatic carbocycles. The summed E-state index contributed by atoms with van der Waals surface area (Å²) in [5.41, 5.74) is 0. The van der Waals surface area contributed by atoms with E-state index < -0.39 is 18.4 Å². The van der Waals surface area contributed by atoms with Crippen LogP contribution in [0.1, 0.15) is 69.2 Å². The van der Waals surface area contributed by atoms with Gasteiger partial charge in [0.2, 0.25) is 0 Å². The third kappa shape index (κ3) is 10.4. The zero-order valence-corrected chi connectivity index (χ0v) is 22.6. The van der Waals surface area contributed by atoms with Crippen molar-refractivity contribution in [3.05, 3.63) is 0 Å². The molecule has 8 atom stereocenters. The smallest absolute Gasteiger partial charge is 0.155 e. The van der Waals surface area contributed by atoms with E-state index in [-0.39, 0.29) is 54.9 Å². The Kier molecular flexibility index (Phi) is 13.9. The zero-order chi connectivity index (χ0) is 25.3. The molecule has 0 aromatic heterocycles. The van der Waals surface area contributed by atoms with Gasteiger partial charge in [-0.05, 0) is 69.2 Å². The Hall–Kier alpha value is -0.350. The minimum absolute atomic E-state index is 0.00120. The molecule has 2 saturated heterocycles. The monoisotopic (exact) mass is 480 g/mol. The number of methoxy groups -OCH3 is 1. The Morgan fingerprint density at radius 3 is 1.48 bits per heavy atom. The normalized spacial score (nSPS) is 34.5. The van der Waals surface area contributed by atoms with Crippen molar-refractivity contribution < 1.29 is 37.5 Å². The number of alkyl halides is 1. The lowest BCUT2D eigenvalue weighted by Crippen LogP contribution is -2.40. The molecule has 2 fully saturated rings. The Bertz CT molecular complexity index is 517. The van der Waals surface area contributed by atoms with Crippen LogP contribution in [0.15, 0.2) is 0 Å². The van der Waals surface area contributed by atoms with Crippen molar-refractivity contribution in [1.82, 2.24) is 0 Å². The van der Waals surface area contributed by atoms with Crippen molar-refractivity contribution >= 4 is 0 Å². The van der Waals surface area contributed by atoms with Gasteiger partial charge >= 0.3 is 0 Å². The molecule has 2 aliphatic rings.